The van der Waals surface area contributed by atoms with E-state index < -0.39 is 11.7 Å². The van der Waals surface area contributed by atoms with E-state index in [1.165, 1.54) is 29.8 Å². The van der Waals surface area contributed by atoms with E-state index in [9.17, 15) is 9.18 Å². The van der Waals surface area contributed by atoms with Crippen LogP contribution in [0.1, 0.15) is 34.3 Å². The second kappa shape index (κ2) is 7.04. The van der Waals surface area contributed by atoms with Crippen LogP contribution in [0.2, 0.25) is 0 Å². The fraction of sp³-hybridized carbons (Fsp3) is 0.167. The molecule has 1 heterocycles. The van der Waals surface area contributed by atoms with Gasteiger partial charge in [0.1, 0.15) is 5.82 Å². The number of halogens is 1. The van der Waals surface area contributed by atoms with Gasteiger partial charge < -0.3 is 4.42 Å². The number of rotatable bonds is 5. The Labute approximate surface area is 138 Å². The van der Waals surface area contributed by atoms with E-state index in [-0.39, 0.29) is 6.01 Å². The highest BCUT2D eigenvalue weighted by molar-refractivity contribution is 6.03. The quantitative estimate of drug-likeness (QED) is 0.778. The topological polar surface area (TPSA) is 68.0 Å². The van der Waals surface area contributed by atoms with Gasteiger partial charge in [-0.1, -0.05) is 36.3 Å². The molecule has 122 valence electrons. The van der Waals surface area contributed by atoms with E-state index in [0.29, 0.717) is 17.9 Å². The van der Waals surface area contributed by atoms with Crippen LogP contribution < -0.4 is 5.32 Å². The van der Waals surface area contributed by atoms with Crippen molar-refractivity contribution in [1.29, 1.82) is 0 Å². The maximum Gasteiger partial charge on any atom is 0.322 e. The molecular weight excluding hydrogens is 309 g/mol. The Hall–Kier alpha value is -3.02. The van der Waals surface area contributed by atoms with Crippen LogP contribution in [-0.4, -0.2) is 16.1 Å². The highest BCUT2D eigenvalue weighted by Gasteiger charge is 2.12. The number of nitrogens with one attached hydrogen (secondary N) is 1. The number of aromatic nitrogens is 2. The molecule has 0 aliphatic carbocycles. The number of carbonyl (C=O) groups excluding carboxylic acids is 1. The van der Waals surface area contributed by atoms with E-state index in [2.05, 4.69) is 34.6 Å². The standard InChI is InChI=1S/C18H16FN3O2/c1-2-12-3-5-13(6-4-12)11-16-21-22-18(24-16)20-17(23)14-7-9-15(19)10-8-14/h3-10H,2,11H2,1H3,(H,20,22,23). The zero-order valence-electron chi connectivity index (χ0n) is 13.1. The SMILES string of the molecule is CCc1ccc(Cc2nnc(NC(=O)c3ccc(F)cc3)o2)cc1. The summed E-state index contributed by atoms with van der Waals surface area (Å²) in [5.74, 6) is -0.424. The molecule has 3 aromatic rings. The number of hydrogen-bond donors (Lipinski definition) is 1. The van der Waals surface area contributed by atoms with Crippen molar-refractivity contribution in [3.63, 3.8) is 0 Å². The van der Waals surface area contributed by atoms with Crippen molar-refractivity contribution >= 4 is 11.9 Å². The molecule has 3 rings (SSSR count). The lowest BCUT2D eigenvalue weighted by Gasteiger charge is -2.01. The molecule has 0 aliphatic heterocycles. The third-order valence-corrected chi connectivity index (χ3v) is 3.58. The smallest absolute Gasteiger partial charge is 0.322 e. The predicted octanol–water partition coefficient (Wildman–Crippen LogP) is 3.61. The molecule has 0 saturated heterocycles. The van der Waals surface area contributed by atoms with Crippen molar-refractivity contribution in [2.45, 2.75) is 19.8 Å². The molecule has 0 radical (unpaired) electrons. The van der Waals surface area contributed by atoms with Crippen molar-refractivity contribution in [2.24, 2.45) is 0 Å². The van der Waals surface area contributed by atoms with Crippen LogP contribution in [0.5, 0.6) is 0 Å². The van der Waals surface area contributed by atoms with E-state index in [1.807, 2.05) is 12.1 Å². The Bertz CT molecular complexity index is 826. The zero-order chi connectivity index (χ0) is 16.9. The summed E-state index contributed by atoms with van der Waals surface area (Å²) in [6, 6.07) is 13.4. The van der Waals surface area contributed by atoms with Gasteiger partial charge in [0.2, 0.25) is 5.89 Å². The normalized spacial score (nSPS) is 10.6. The van der Waals surface area contributed by atoms with Gasteiger partial charge in [0.05, 0.1) is 6.42 Å². The predicted molar refractivity (Wildman–Crippen MR) is 87.3 cm³/mol. The van der Waals surface area contributed by atoms with Gasteiger partial charge in [0.25, 0.3) is 5.91 Å². The van der Waals surface area contributed by atoms with Crippen LogP contribution in [0.4, 0.5) is 10.4 Å². The molecule has 5 nitrogen and oxygen atoms in total. The summed E-state index contributed by atoms with van der Waals surface area (Å²) >= 11 is 0. The van der Waals surface area contributed by atoms with Gasteiger partial charge in [-0.2, -0.15) is 0 Å². The minimum absolute atomic E-state index is 0.0181. The van der Waals surface area contributed by atoms with Crippen LogP contribution in [0.15, 0.2) is 52.9 Å². The largest absolute Gasteiger partial charge is 0.407 e. The number of carbonyl (C=O) groups is 1. The van der Waals surface area contributed by atoms with E-state index >= 15 is 0 Å². The summed E-state index contributed by atoms with van der Waals surface area (Å²) in [4.78, 5) is 12.0. The molecule has 0 unspecified atom stereocenters. The van der Waals surface area contributed by atoms with E-state index in [4.69, 9.17) is 4.42 Å². The molecule has 6 heteroatoms. The molecule has 24 heavy (non-hydrogen) atoms. The second-order valence-corrected chi connectivity index (χ2v) is 5.31. The third kappa shape index (κ3) is 3.84. The van der Waals surface area contributed by atoms with Gasteiger partial charge in [-0.3, -0.25) is 10.1 Å². The number of hydrogen-bond acceptors (Lipinski definition) is 4. The summed E-state index contributed by atoms with van der Waals surface area (Å²) in [6.07, 6.45) is 1.48. The Kier molecular flexibility index (Phi) is 4.65. The van der Waals surface area contributed by atoms with Crippen LogP contribution in [0, 0.1) is 5.82 Å². The van der Waals surface area contributed by atoms with Gasteiger partial charge in [-0.15, -0.1) is 5.10 Å². The molecule has 1 N–H and O–H groups in total. The molecule has 2 aromatic carbocycles. The first-order chi connectivity index (χ1) is 11.6. The van der Waals surface area contributed by atoms with Crippen molar-refractivity contribution in [3.05, 3.63) is 76.9 Å². The van der Waals surface area contributed by atoms with Crippen molar-refractivity contribution in [3.8, 4) is 0 Å². The lowest BCUT2D eigenvalue weighted by Crippen LogP contribution is -2.12. The highest BCUT2D eigenvalue weighted by atomic mass is 19.1. The molecule has 1 aromatic heterocycles. The number of nitrogens with zero attached hydrogens (tertiary/aromatic N) is 2. The summed E-state index contributed by atoms with van der Waals surface area (Å²) in [5, 5.41) is 10.2. The van der Waals surface area contributed by atoms with Crippen LogP contribution in [-0.2, 0) is 12.8 Å². The molecule has 0 spiro atoms. The highest BCUT2D eigenvalue weighted by Crippen LogP contribution is 2.13. The van der Waals surface area contributed by atoms with Crippen LogP contribution in [0.3, 0.4) is 0 Å². The third-order valence-electron chi connectivity index (χ3n) is 3.58. The van der Waals surface area contributed by atoms with Gasteiger partial charge in [0.15, 0.2) is 0 Å². The zero-order valence-corrected chi connectivity index (χ0v) is 13.1. The Morgan fingerprint density at radius 1 is 1.04 bits per heavy atom. The van der Waals surface area contributed by atoms with Crippen LogP contribution in [0.25, 0.3) is 0 Å². The summed E-state index contributed by atoms with van der Waals surface area (Å²) in [5.41, 5.74) is 2.62. The van der Waals surface area contributed by atoms with Crippen LogP contribution >= 0.6 is 0 Å². The van der Waals surface area contributed by atoms with Gasteiger partial charge in [-0.25, -0.2) is 4.39 Å². The van der Waals surface area contributed by atoms with E-state index in [0.717, 1.165) is 12.0 Å². The molecule has 0 atom stereocenters. The summed E-state index contributed by atoms with van der Waals surface area (Å²) in [6.45, 7) is 2.10. The van der Waals surface area contributed by atoms with Crippen molar-refractivity contribution < 1.29 is 13.6 Å². The average molecular weight is 325 g/mol. The van der Waals surface area contributed by atoms with Crippen molar-refractivity contribution in [1.82, 2.24) is 10.2 Å². The fourth-order valence-electron chi connectivity index (χ4n) is 2.21. The van der Waals surface area contributed by atoms with Gasteiger partial charge >= 0.3 is 6.01 Å². The number of aryl methyl sites for hydroxylation is 1. The number of anilines is 1. The molecule has 0 saturated carbocycles. The average Bonchev–Trinajstić information content (AvgIpc) is 3.03. The minimum Gasteiger partial charge on any atom is -0.407 e. The Morgan fingerprint density at radius 2 is 1.71 bits per heavy atom. The van der Waals surface area contributed by atoms with Gasteiger partial charge in [0, 0.05) is 5.56 Å². The maximum atomic E-state index is 12.9. The molecule has 0 fully saturated rings. The first-order valence-corrected chi connectivity index (χ1v) is 7.61. The molecule has 1 amide bonds. The Morgan fingerprint density at radius 3 is 2.38 bits per heavy atom. The van der Waals surface area contributed by atoms with Crippen molar-refractivity contribution in [2.75, 3.05) is 5.32 Å². The lowest BCUT2D eigenvalue weighted by atomic mass is 10.1. The lowest BCUT2D eigenvalue weighted by molar-refractivity contribution is 0.102. The minimum atomic E-state index is -0.433. The molecule has 0 aliphatic rings. The molecular formula is C18H16FN3O2. The summed E-state index contributed by atoms with van der Waals surface area (Å²) in [7, 11) is 0. The first kappa shape index (κ1) is 15.9. The monoisotopic (exact) mass is 325 g/mol. The maximum absolute atomic E-state index is 12.9. The second-order valence-electron chi connectivity index (χ2n) is 5.31. The summed E-state index contributed by atoms with van der Waals surface area (Å²) < 4.78 is 18.3. The fourth-order valence-corrected chi connectivity index (χ4v) is 2.21. The number of benzene rings is 2. The molecule has 0 bridgehead atoms. The first-order valence-electron chi connectivity index (χ1n) is 7.61. The Balaban J connectivity index is 1.64. The van der Waals surface area contributed by atoms with Gasteiger partial charge in [-0.05, 0) is 41.8 Å². The number of amides is 1. The van der Waals surface area contributed by atoms with E-state index in [1.54, 1.807) is 0 Å².